The average Bonchev–Trinajstić information content (AvgIpc) is 2.81. The molecular formula is C22H21F17OS. The Morgan fingerprint density at radius 2 is 1.10 bits per heavy atom. The van der Waals surface area contributed by atoms with Crippen LogP contribution in [0, 0.1) is 6.92 Å². The van der Waals surface area contributed by atoms with Gasteiger partial charge in [0.1, 0.15) is 5.75 Å². The maximum absolute atomic E-state index is 14.0. The Morgan fingerprint density at radius 1 is 0.659 bits per heavy atom. The molecule has 19 heteroatoms. The maximum atomic E-state index is 14.0. The Balaban J connectivity index is 3.23. The number of unbranched alkanes of at least 4 members (excludes halogenated alkanes) is 1. The molecule has 1 nitrogen and oxygen atoms in total. The van der Waals surface area contributed by atoms with Crippen LogP contribution in [0.15, 0.2) is 12.1 Å². The molecule has 1 N–H and O–H groups in total. The van der Waals surface area contributed by atoms with E-state index in [1.807, 2.05) is 6.92 Å². The second kappa shape index (κ2) is 11.7. The number of thioether (sulfide) groups is 1. The first-order valence-corrected chi connectivity index (χ1v) is 12.3. The van der Waals surface area contributed by atoms with E-state index >= 15 is 0 Å². The molecule has 0 radical (unpaired) electrons. The van der Waals surface area contributed by atoms with Gasteiger partial charge in [0.2, 0.25) is 0 Å². The molecule has 1 rings (SSSR count). The Kier molecular flexibility index (Phi) is 10.6. The summed E-state index contributed by atoms with van der Waals surface area (Å²) in [5.41, 5.74) is 1.02. The van der Waals surface area contributed by atoms with Crippen LogP contribution >= 0.6 is 11.8 Å². The van der Waals surface area contributed by atoms with Gasteiger partial charge in [-0.2, -0.15) is 86.4 Å². The van der Waals surface area contributed by atoms with Gasteiger partial charge in [0.15, 0.2) is 0 Å². The monoisotopic (exact) mass is 656 g/mol. The highest BCUT2D eigenvalue weighted by Gasteiger charge is 2.95. The number of benzene rings is 1. The molecule has 0 aliphatic carbocycles. The number of rotatable bonds is 14. The Hall–Kier alpha value is -1.82. The minimum Gasteiger partial charge on any atom is -0.507 e. The van der Waals surface area contributed by atoms with Crippen molar-refractivity contribution in [1.82, 2.24) is 0 Å². The third-order valence-corrected chi connectivity index (χ3v) is 6.87. The smallest absolute Gasteiger partial charge is 0.460 e. The van der Waals surface area contributed by atoms with Gasteiger partial charge in [0.05, 0.1) is 0 Å². The van der Waals surface area contributed by atoms with Crippen molar-refractivity contribution in [2.75, 3.05) is 5.75 Å². The number of alkyl halides is 17. The zero-order valence-corrected chi connectivity index (χ0v) is 21.5. The van der Waals surface area contributed by atoms with E-state index in [0.717, 1.165) is 6.42 Å². The average molecular weight is 656 g/mol. The summed E-state index contributed by atoms with van der Waals surface area (Å²) in [6, 6.07) is 2.96. The van der Waals surface area contributed by atoms with Crippen LogP contribution in [0.25, 0.3) is 0 Å². The third-order valence-electron chi connectivity index (χ3n) is 5.86. The predicted molar refractivity (Wildman–Crippen MR) is 113 cm³/mol. The van der Waals surface area contributed by atoms with Gasteiger partial charge in [0.25, 0.3) is 0 Å². The molecule has 0 atom stereocenters. The molecule has 0 unspecified atom stereocenters. The van der Waals surface area contributed by atoms with Gasteiger partial charge in [-0.15, -0.1) is 0 Å². The predicted octanol–water partition coefficient (Wildman–Crippen LogP) is 9.68. The van der Waals surface area contributed by atoms with Crippen molar-refractivity contribution in [3.05, 3.63) is 28.8 Å². The minimum atomic E-state index is -8.63. The van der Waals surface area contributed by atoms with Gasteiger partial charge in [-0.25, -0.2) is 0 Å². The molecule has 1 aromatic carbocycles. The van der Waals surface area contributed by atoms with E-state index in [2.05, 4.69) is 0 Å². The molecule has 0 spiro atoms. The van der Waals surface area contributed by atoms with Crippen LogP contribution in [-0.2, 0) is 12.2 Å². The van der Waals surface area contributed by atoms with E-state index in [4.69, 9.17) is 0 Å². The van der Waals surface area contributed by atoms with Crippen LogP contribution in [0.4, 0.5) is 74.6 Å². The second-order valence-corrected chi connectivity index (χ2v) is 10.1. The summed E-state index contributed by atoms with van der Waals surface area (Å²) in [5, 5.41) is 10.1. The fraction of sp³-hybridized carbons (Fsp3) is 0.727. The van der Waals surface area contributed by atoms with Crippen molar-refractivity contribution in [3.63, 3.8) is 0 Å². The van der Waals surface area contributed by atoms with Gasteiger partial charge in [-0.3, -0.25) is 0 Å². The molecule has 0 aliphatic rings. The van der Waals surface area contributed by atoms with E-state index in [-0.39, 0.29) is 23.1 Å². The maximum Gasteiger partial charge on any atom is 0.460 e. The topological polar surface area (TPSA) is 20.2 Å². The summed E-state index contributed by atoms with van der Waals surface area (Å²) in [5.74, 6) is -58.4. The normalized spacial score (nSPS) is 15.0. The summed E-state index contributed by atoms with van der Waals surface area (Å²) in [6.07, 6.45) is -8.34. The van der Waals surface area contributed by atoms with Crippen LogP contribution in [0.1, 0.15) is 42.9 Å². The first-order valence-electron chi connectivity index (χ1n) is 11.2. The third kappa shape index (κ3) is 6.28. The highest BCUT2D eigenvalue weighted by molar-refractivity contribution is 7.98. The molecule has 0 aliphatic heterocycles. The highest BCUT2D eigenvalue weighted by atomic mass is 32.2. The Labute approximate surface area is 225 Å². The second-order valence-electron chi connectivity index (χ2n) is 8.98. The molecule has 41 heavy (non-hydrogen) atoms. The van der Waals surface area contributed by atoms with Gasteiger partial charge in [-0.1, -0.05) is 25.5 Å². The van der Waals surface area contributed by atoms with E-state index in [1.165, 1.54) is 13.0 Å². The molecule has 0 fully saturated rings. The van der Waals surface area contributed by atoms with E-state index in [0.29, 0.717) is 24.0 Å². The number of halogens is 17. The Bertz CT molecular complexity index is 1050. The lowest BCUT2D eigenvalue weighted by Gasteiger charge is -2.42. The number of phenols is 1. The van der Waals surface area contributed by atoms with Crippen molar-refractivity contribution < 1.29 is 79.7 Å². The first-order chi connectivity index (χ1) is 18.1. The standard InChI is InChI=1S/C22H21F17OS/c1-3-4-5-12-8-11(2)14(40)13(9-12)10-41-7-6-15(23,24)16(25,26)17(27,28)18(29,30)19(31,32)20(33,34)21(35,36)22(37,38)39/h8-9,40H,3-7,10H2,1-2H3. The highest BCUT2D eigenvalue weighted by Crippen LogP contribution is 2.64. The molecule has 0 saturated carbocycles. The number of hydrogen-bond donors (Lipinski definition) is 1. The summed E-state index contributed by atoms with van der Waals surface area (Å²) >= 11 is 0.241. The SMILES string of the molecule is CCCCc1cc(C)c(O)c(CSCCC(F)(F)C(F)(F)C(F)(F)C(F)(F)C(F)(F)C(F)(F)C(F)(F)C(F)(F)F)c1. The molecule has 0 saturated heterocycles. The lowest BCUT2D eigenvalue weighted by Crippen LogP contribution is -2.74. The van der Waals surface area contributed by atoms with Crippen molar-refractivity contribution in [3.8, 4) is 5.75 Å². The molecule has 240 valence electrons. The quantitative estimate of drug-likeness (QED) is 0.159. The fourth-order valence-corrected chi connectivity index (χ4v) is 4.29. The van der Waals surface area contributed by atoms with Crippen LogP contribution in [0.3, 0.4) is 0 Å². The van der Waals surface area contributed by atoms with Crippen molar-refractivity contribution >= 4 is 11.8 Å². The number of phenolic OH excluding ortho intramolecular Hbond substituents is 1. The van der Waals surface area contributed by atoms with Crippen LogP contribution < -0.4 is 0 Å². The van der Waals surface area contributed by atoms with Crippen molar-refractivity contribution in [2.45, 2.75) is 92.9 Å². The first kappa shape index (κ1) is 37.2. The Morgan fingerprint density at radius 3 is 1.54 bits per heavy atom. The molecule has 0 heterocycles. The van der Waals surface area contributed by atoms with Crippen molar-refractivity contribution in [2.24, 2.45) is 0 Å². The molecular weight excluding hydrogens is 635 g/mol. The van der Waals surface area contributed by atoms with Gasteiger partial charge >= 0.3 is 47.6 Å². The molecule has 0 aromatic heterocycles. The van der Waals surface area contributed by atoms with Gasteiger partial charge in [0, 0.05) is 17.7 Å². The molecule has 1 aromatic rings. The molecule has 0 amide bonds. The van der Waals surface area contributed by atoms with Crippen LogP contribution in [0.5, 0.6) is 5.75 Å². The summed E-state index contributed by atoms with van der Waals surface area (Å²) in [4.78, 5) is 0. The zero-order chi connectivity index (χ0) is 32.7. The summed E-state index contributed by atoms with van der Waals surface area (Å²) in [6.45, 7) is 3.30. The largest absolute Gasteiger partial charge is 0.507 e. The fourth-order valence-electron chi connectivity index (χ4n) is 3.30. The van der Waals surface area contributed by atoms with Gasteiger partial charge in [-0.05, 0) is 36.6 Å². The number of hydrogen-bond acceptors (Lipinski definition) is 2. The van der Waals surface area contributed by atoms with E-state index < -0.39 is 65.6 Å². The molecule has 0 bridgehead atoms. The zero-order valence-electron chi connectivity index (χ0n) is 20.7. The summed E-state index contributed by atoms with van der Waals surface area (Å²) < 4.78 is 227. The van der Waals surface area contributed by atoms with Crippen LogP contribution in [-0.4, -0.2) is 58.5 Å². The number of aryl methyl sites for hydroxylation is 2. The lowest BCUT2D eigenvalue weighted by molar-refractivity contribution is -0.461. The summed E-state index contributed by atoms with van der Waals surface area (Å²) in [7, 11) is 0. The van der Waals surface area contributed by atoms with Crippen molar-refractivity contribution in [1.29, 1.82) is 0 Å². The minimum absolute atomic E-state index is 0.0560. The lowest BCUT2D eigenvalue weighted by atomic mass is 9.88. The van der Waals surface area contributed by atoms with E-state index in [1.54, 1.807) is 6.07 Å². The van der Waals surface area contributed by atoms with E-state index in [9.17, 15) is 79.7 Å². The van der Waals surface area contributed by atoms with Crippen LogP contribution in [0.2, 0.25) is 0 Å². The van der Waals surface area contributed by atoms with Gasteiger partial charge < -0.3 is 5.11 Å². The number of aromatic hydroxyl groups is 1.